The number of nitrogens with one attached hydrogen (secondary N) is 1. The smallest absolute Gasteiger partial charge is 0.410 e. The van der Waals surface area contributed by atoms with Crippen molar-refractivity contribution < 1.29 is 19.1 Å². The largest absolute Gasteiger partial charge is 0.441 e. The Morgan fingerprint density at radius 2 is 1.93 bits per heavy atom. The van der Waals surface area contributed by atoms with Gasteiger partial charge in [-0.15, -0.1) is 0 Å². The van der Waals surface area contributed by atoms with Gasteiger partial charge in [0, 0.05) is 38.9 Å². The number of hydrogen-bond donors (Lipinski definition) is 1. The average molecular weight is 371 g/mol. The van der Waals surface area contributed by atoms with Crippen LogP contribution in [0, 0.1) is 0 Å². The zero-order chi connectivity index (χ0) is 18.9. The van der Waals surface area contributed by atoms with Crippen molar-refractivity contribution in [1.82, 2.24) is 15.1 Å². The molecule has 3 heterocycles. The first-order chi connectivity index (χ1) is 13.0. The van der Waals surface area contributed by atoms with Crippen LogP contribution in [0.3, 0.4) is 0 Å². The molecular formula is C20H25N3O4. The molecular weight excluding hydrogens is 346 g/mol. The van der Waals surface area contributed by atoms with E-state index in [1.807, 2.05) is 18.2 Å². The first-order valence-electron chi connectivity index (χ1n) is 9.65. The molecule has 7 nitrogen and oxygen atoms in total. The number of piperidine rings is 1. The summed E-state index contributed by atoms with van der Waals surface area (Å²) in [7, 11) is 0. The zero-order valence-corrected chi connectivity index (χ0v) is 15.4. The molecule has 0 aliphatic carbocycles. The zero-order valence-electron chi connectivity index (χ0n) is 15.4. The Labute approximate surface area is 158 Å². The van der Waals surface area contributed by atoms with Crippen molar-refractivity contribution in [2.75, 3.05) is 26.2 Å². The van der Waals surface area contributed by atoms with E-state index in [1.165, 1.54) is 5.56 Å². The second-order valence-electron chi connectivity index (χ2n) is 7.69. The minimum Gasteiger partial charge on any atom is -0.441 e. The summed E-state index contributed by atoms with van der Waals surface area (Å²) in [4.78, 5) is 39.7. The number of hydrogen-bond acceptors (Lipinski definition) is 4. The molecule has 1 N–H and O–H groups in total. The predicted molar refractivity (Wildman–Crippen MR) is 97.9 cm³/mol. The van der Waals surface area contributed by atoms with Gasteiger partial charge in [0.1, 0.15) is 11.6 Å². The van der Waals surface area contributed by atoms with Crippen LogP contribution in [-0.2, 0) is 20.7 Å². The summed E-state index contributed by atoms with van der Waals surface area (Å²) in [5, 5.41) is 2.73. The van der Waals surface area contributed by atoms with E-state index in [9.17, 15) is 14.4 Å². The van der Waals surface area contributed by atoms with Gasteiger partial charge in [-0.25, -0.2) is 4.79 Å². The summed E-state index contributed by atoms with van der Waals surface area (Å²) < 4.78 is 5.74. The van der Waals surface area contributed by atoms with E-state index in [2.05, 4.69) is 17.4 Å². The third-order valence-corrected chi connectivity index (χ3v) is 5.83. The van der Waals surface area contributed by atoms with E-state index in [-0.39, 0.29) is 23.9 Å². The minimum atomic E-state index is -0.483. The molecule has 0 aromatic heterocycles. The highest BCUT2D eigenvalue weighted by atomic mass is 16.6. The normalized spacial score (nSPS) is 24.2. The van der Waals surface area contributed by atoms with Gasteiger partial charge in [0.05, 0.1) is 6.54 Å². The predicted octanol–water partition coefficient (Wildman–Crippen LogP) is 1.32. The molecule has 0 saturated carbocycles. The van der Waals surface area contributed by atoms with Gasteiger partial charge in [0.15, 0.2) is 0 Å². The third-order valence-electron chi connectivity index (χ3n) is 5.83. The maximum atomic E-state index is 12.5. The van der Waals surface area contributed by atoms with Crippen molar-refractivity contribution in [1.29, 1.82) is 0 Å². The molecule has 1 atom stereocenters. The van der Waals surface area contributed by atoms with Crippen LogP contribution in [0.4, 0.5) is 4.79 Å². The molecule has 0 unspecified atom stereocenters. The minimum absolute atomic E-state index is 0.0130. The van der Waals surface area contributed by atoms with Crippen LogP contribution in [0.25, 0.3) is 0 Å². The summed E-state index contributed by atoms with van der Waals surface area (Å²) in [5.41, 5.74) is 0.717. The van der Waals surface area contributed by atoms with Crippen molar-refractivity contribution in [3.05, 3.63) is 35.9 Å². The van der Waals surface area contributed by atoms with Crippen molar-refractivity contribution in [3.8, 4) is 0 Å². The maximum absolute atomic E-state index is 12.5. The van der Waals surface area contributed by atoms with Crippen molar-refractivity contribution in [2.45, 2.75) is 43.7 Å². The van der Waals surface area contributed by atoms with E-state index >= 15 is 0 Å². The highest BCUT2D eigenvalue weighted by molar-refractivity contribution is 5.90. The van der Waals surface area contributed by atoms with Crippen LogP contribution in [0.2, 0.25) is 0 Å². The lowest BCUT2D eigenvalue weighted by Gasteiger charge is -2.38. The molecule has 3 aliphatic rings. The summed E-state index contributed by atoms with van der Waals surface area (Å²) >= 11 is 0. The van der Waals surface area contributed by atoms with Crippen LogP contribution >= 0.6 is 0 Å². The summed E-state index contributed by atoms with van der Waals surface area (Å²) in [6.45, 7) is 2.35. The van der Waals surface area contributed by atoms with Crippen LogP contribution in [0.15, 0.2) is 30.3 Å². The third kappa shape index (κ3) is 3.77. The lowest BCUT2D eigenvalue weighted by Crippen LogP contribution is -2.52. The number of carbonyl (C=O) groups excluding carboxylic acids is 3. The van der Waals surface area contributed by atoms with Gasteiger partial charge in [-0.2, -0.15) is 0 Å². The summed E-state index contributed by atoms with van der Waals surface area (Å²) in [5.74, 6) is -0.0680. The lowest BCUT2D eigenvalue weighted by molar-refractivity contribution is -0.137. The lowest BCUT2D eigenvalue weighted by atomic mass is 9.91. The Morgan fingerprint density at radius 3 is 2.59 bits per heavy atom. The molecule has 144 valence electrons. The Bertz CT molecular complexity index is 728. The number of rotatable bonds is 4. The summed E-state index contributed by atoms with van der Waals surface area (Å²) in [6.07, 6.45) is 2.83. The van der Waals surface area contributed by atoms with Crippen LogP contribution in [0.1, 0.15) is 31.2 Å². The number of nitrogens with zero attached hydrogens (tertiary/aromatic N) is 2. The second-order valence-corrected chi connectivity index (χ2v) is 7.69. The Balaban J connectivity index is 1.30. The quantitative estimate of drug-likeness (QED) is 0.866. The molecule has 0 radical (unpaired) electrons. The topological polar surface area (TPSA) is 79.0 Å². The Hall–Kier alpha value is -2.57. The van der Waals surface area contributed by atoms with Gasteiger partial charge in [0.2, 0.25) is 11.8 Å². The molecule has 3 fully saturated rings. The van der Waals surface area contributed by atoms with E-state index in [4.69, 9.17) is 4.74 Å². The van der Waals surface area contributed by atoms with Gasteiger partial charge >= 0.3 is 6.09 Å². The first kappa shape index (κ1) is 17.8. The second kappa shape index (κ2) is 7.21. The van der Waals surface area contributed by atoms with E-state index in [1.54, 1.807) is 9.80 Å². The van der Waals surface area contributed by atoms with Gasteiger partial charge in [-0.3, -0.25) is 9.59 Å². The molecule has 27 heavy (non-hydrogen) atoms. The highest BCUT2D eigenvalue weighted by Crippen LogP contribution is 2.33. The number of benzene rings is 1. The Morgan fingerprint density at radius 1 is 1.19 bits per heavy atom. The molecule has 0 bridgehead atoms. The van der Waals surface area contributed by atoms with E-state index in [0.29, 0.717) is 51.9 Å². The molecule has 7 heteroatoms. The van der Waals surface area contributed by atoms with Gasteiger partial charge < -0.3 is 19.9 Å². The molecule has 3 saturated heterocycles. The van der Waals surface area contributed by atoms with E-state index in [0.717, 1.165) is 6.42 Å². The fourth-order valence-electron chi connectivity index (χ4n) is 4.19. The number of carbonyl (C=O) groups is 3. The first-order valence-corrected chi connectivity index (χ1v) is 9.65. The summed E-state index contributed by atoms with van der Waals surface area (Å²) in [6, 6.07) is 9.71. The molecule has 4 rings (SSSR count). The van der Waals surface area contributed by atoms with Gasteiger partial charge in [-0.05, 0) is 18.4 Å². The van der Waals surface area contributed by atoms with Crippen LogP contribution < -0.4 is 5.32 Å². The van der Waals surface area contributed by atoms with Crippen LogP contribution in [-0.4, -0.2) is 65.5 Å². The fourth-order valence-corrected chi connectivity index (χ4v) is 4.19. The van der Waals surface area contributed by atoms with Crippen molar-refractivity contribution in [3.63, 3.8) is 0 Å². The number of likely N-dealkylation sites (tertiary alicyclic amines) is 1. The standard InChI is InChI=1S/C20H25N3O4/c24-17-7-6-16(21-17)18(25)22-12-9-20(10-13-22)14-23(19(26)27-20)11-8-15-4-2-1-3-5-15/h1-5,16H,6-14H2,(H,21,24)/t16-/m1/s1. The van der Waals surface area contributed by atoms with E-state index < -0.39 is 5.60 Å². The molecule has 3 amide bonds. The highest BCUT2D eigenvalue weighted by Gasteiger charge is 2.47. The molecule has 1 aromatic carbocycles. The van der Waals surface area contributed by atoms with Crippen LogP contribution in [0.5, 0.6) is 0 Å². The van der Waals surface area contributed by atoms with Gasteiger partial charge in [-0.1, -0.05) is 30.3 Å². The fraction of sp³-hybridized carbons (Fsp3) is 0.550. The monoisotopic (exact) mass is 371 g/mol. The van der Waals surface area contributed by atoms with Crippen molar-refractivity contribution in [2.24, 2.45) is 0 Å². The Kier molecular flexibility index (Phi) is 4.76. The maximum Gasteiger partial charge on any atom is 0.410 e. The SMILES string of the molecule is O=C1CC[C@H](C(=O)N2CCC3(CC2)CN(CCc2ccccc2)C(=O)O3)N1. The number of ether oxygens (including phenoxy) is 1. The average Bonchev–Trinajstić information content (AvgIpc) is 3.24. The molecule has 1 spiro atoms. The molecule has 1 aromatic rings. The van der Waals surface area contributed by atoms with Crippen molar-refractivity contribution >= 4 is 17.9 Å². The molecule has 3 aliphatic heterocycles. The number of amides is 3. The van der Waals surface area contributed by atoms with Gasteiger partial charge in [0.25, 0.3) is 0 Å².